The summed E-state index contributed by atoms with van der Waals surface area (Å²) in [5.74, 6) is -2.48. The maximum atomic E-state index is 12.9. The van der Waals surface area contributed by atoms with E-state index < -0.39 is 34.9 Å². The predicted octanol–water partition coefficient (Wildman–Crippen LogP) is -4.53. The molecule has 2 atom stereocenters. The van der Waals surface area contributed by atoms with Gasteiger partial charge in [-0.2, -0.15) is 4.98 Å². The van der Waals surface area contributed by atoms with Gasteiger partial charge in [-0.1, -0.05) is 11.8 Å². The minimum atomic E-state index is -1.50. The molecule has 38 heavy (non-hydrogen) atoms. The van der Waals surface area contributed by atoms with E-state index in [4.69, 9.17) is 0 Å². The summed E-state index contributed by atoms with van der Waals surface area (Å²) in [4.78, 5) is 78.0. The SMILES string of the molecule is O=C(CSc1nc(=O)[nH]c2nc[nH]c12)N[C@@H]1C(=O)N2C(C(=O)[O-])=C(/C=C3\CCN(C4CC4)C3=O)CS[C@H]12.[Na+]. The van der Waals surface area contributed by atoms with Crippen LogP contribution in [0.5, 0.6) is 0 Å². The van der Waals surface area contributed by atoms with E-state index in [1.54, 1.807) is 6.08 Å². The van der Waals surface area contributed by atoms with Crippen molar-refractivity contribution in [3.63, 3.8) is 0 Å². The van der Waals surface area contributed by atoms with Gasteiger partial charge in [0, 0.05) is 23.9 Å². The van der Waals surface area contributed by atoms with Gasteiger partial charge in [-0.3, -0.25) is 24.3 Å². The maximum absolute atomic E-state index is 12.9. The molecule has 2 aromatic heterocycles. The molecule has 3 aliphatic heterocycles. The number of likely N-dealkylation sites (tertiary alicyclic amines) is 1. The number of fused-ring (bicyclic) bond motifs is 2. The number of carbonyl (C=O) groups is 4. The van der Waals surface area contributed by atoms with E-state index in [0.717, 1.165) is 29.5 Å². The van der Waals surface area contributed by atoms with Gasteiger partial charge in [-0.15, -0.1) is 11.8 Å². The fraction of sp³-hybridized carbons (Fsp3) is 0.409. The number of aliphatic carboxylic acids is 1. The molecule has 13 nitrogen and oxygen atoms in total. The average Bonchev–Trinajstić information content (AvgIpc) is 3.49. The molecule has 1 aliphatic carbocycles. The molecule has 192 valence electrons. The zero-order valence-corrected chi connectivity index (χ0v) is 23.8. The number of thioether (sulfide) groups is 2. The number of imidazole rings is 1. The Bertz CT molecular complexity index is 1480. The molecule has 6 rings (SSSR count). The molecule has 0 unspecified atom stereocenters. The second-order valence-electron chi connectivity index (χ2n) is 9.03. The fourth-order valence-corrected chi connectivity index (χ4v) is 6.84. The van der Waals surface area contributed by atoms with E-state index >= 15 is 0 Å². The summed E-state index contributed by atoms with van der Waals surface area (Å²) in [6.07, 6.45) is 5.49. The molecular formula is C22H20N7NaO6S2. The standard InChI is InChI=1S/C22H21N7O6S2.Na/c30-12(7-36-17-13-16(24-8-23-13)26-22(35)27-17)25-14-19(32)29-15(21(33)34)10(6-37-20(14)29)5-9-3-4-28(18(9)31)11-1-2-11;/h5,8,11,14,20H,1-4,6-7H2,(H,25,30)(H,33,34)(H2,23,24,26,27,35);/q;+1/p-1/b9-5+;/t14-,20-;/m1./s1. The number of amides is 3. The maximum Gasteiger partial charge on any atom is 1.00 e. The third-order valence-electron chi connectivity index (χ3n) is 6.62. The van der Waals surface area contributed by atoms with Gasteiger partial charge >= 0.3 is 35.2 Å². The van der Waals surface area contributed by atoms with Crippen molar-refractivity contribution in [3.05, 3.63) is 39.7 Å². The summed E-state index contributed by atoms with van der Waals surface area (Å²) in [6.45, 7) is 0.618. The van der Waals surface area contributed by atoms with Crippen LogP contribution in [0.4, 0.5) is 0 Å². The number of nitrogens with zero attached hydrogens (tertiary/aromatic N) is 4. The van der Waals surface area contributed by atoms with E-state index in [2.05, 4.69) is 25.3 Å². The first kappa shape index (κ1) is 27.0. The number of carboxylic acids is 1. The molecule has 0 spiro atoms. The van der Waals surface area contributed by atoms with Gasteiger partial charge in [0.2, 0.25) is 11.8 Å². The minimum absolute atomic E-state index is 0. The van der Waals surface area contributed by atoms with E-state index in [1.165, 1.54) is 18.1 Å². The van der Waals surface area contributed by atoms with Crippen LogP contribution in [0.25, 0.3) is 11.2 Å². The third-order valence-corrected chi connectivity index (χ3v) is 8.90. The van der Waals surface area contributed by atoms with Crippen LogP contribution in [0, 0.1) is 0 Å². The molecule has 1 saturated carbocycles. The van der Waals surface area contributed by atoms with Crippen molar-refractivity contribution < 1.29 is 53.8 Å². The summed E-state index contributed by atoms with van der Waals surface area (Å²) in [5.41, 5.74) is 0.843. The zero-order valence-electron chi connectivity index (χ0n) is 20.2. The molecule has 5 heterocycles. The second kappa shape index (κ2) is 10.5. The van der Waals surface area contributed by atoms with Crippen molar-refractivity contribution in [2.24, 2.45) is 0 Å². The van der Waals surface area contributed by atoms with Gasteiger partial charge in [0.25, 0.3) is 5.91 Å². The van der Waals surface area contributed by atoms with Gasteiger partial charge in [0.15, 0.2) is 5.65 Å². The number of hydrogen-bond donors (Lipinski definition) is 3. The van der Waals surface area contributed by atoms with Crippen LogP contribution in [0.2, 0.25) is 0 Å². The Labute approximate surface area is 245 Å². The molecule has 2 saturated heterocycles. The summed E-state index contributed by atoms with van der Waals surface area (Å²) in [7, 11) is 0. The summed E-state index contributed by atoms with van der Waals surface area (Å²) in [5, 5.41) is 14.3. The average molecular weight is 566 g/mol. The van der Waals surface area contributed by atoms with Crippen LogP contribution < -0.4 is 45.7 Å². The van der Waals surface area contributed by atoms with Crippen LogP contribution in [0.3, 0.4) is 0 Å². The van der Waals surface area contributed by atoms with E-state index in [1.807, 2.05) is 4.90 Å². The number of H-pyrrole nitrogens is 2. The Morgan fingerprint density at radius 3 is 2.82 bits per heavy atom. The van der Waals surface area contributed by atoms with Gasteiger partial charge < -0.3 is 25.1 Å². The fourth-order valence-electron chi connectivity index (χ4n) is 4.74. The quantitative estimate of drug-likeness (QED) is 0.0972. The molecule has 16 heteroatoms. The van der Waals surface area contributed by atoms with Crippen molar-refractivity contribution in [2.75, 3.05) is 18.1 Å². The first-order chi connectivity index (χ1) is 17.8. The number of carbonyl (C=O) groups excluding carboxylic acids is 4. The number of β-lactam (4-membered cyclic amide) rings is 1. The summed E-state index contributed by atoms with van der Waals surface area (Å²) in [6, 6.07) is -0.624. The van der Waals surface area contributed by atoms with Crippen LogP contribution >= 0.6 is 23.5 Å². The van der Waals surface area contributed by atoms with Crippen molar-refractivity contribution in [3.8, 4) is 0 Å². The Hall–Kier alpha value is -2.59. The van der Waals surface area contributed by atoms with E-state index in [-0.39, 0.29) is 58.7 Å². The first-order valence-electron chi connectivity index (χ1n) is 11.6. The molecule has 3 N–H and O–H groups in total. The number of carboxylic acid groups (broad SMARTS) is 1. The summed E-state index contributed by atoms with van der Waals surface area (Å²) >= 11 is 2.32. The topological polar surface area (TPSA) is 184 Å². The monoisotopic (exact) mass is 565 g/mol. The van der Waals surface area contributed by atoms with Crippen LogP contribution in [0.15, 0.2) is 39.1 Å². The second-order valence-corrected chi connectivity index (χ2v) is 11.1. The van der Waals surface area contributed by atoms with E-state index in [9.17, 15) is 29.1 Å². The third kappa shape index (κ3) is 4.81. The number of allylic oxidation sites excluding steroid dienone is 1. The summed E-state index contributed by atoms with van der Waals surface area (Å²) < 4.78 is 0. The largest absolute Gasteiger partial charge is 1.00 e. The molecule has 0 aromatic carbocycles. The minimum Gasteiger partial charge on any atom is -0.543 e. The smallest absolute Gasteiger partial charge is 0.543 e. The number of aromatic nitrogens is 4. The molecular weight excluding hydrogens is 545 g/mol. The van der Waals surface area contributed by atoms with Crippen molar-refractivity contribution in [1.29, 1.82) is 0 Å². The van der Waals surface area contributed by atoms with Gasteiger partial charge in [-0.25, -0.2) is 9.78 Å². The Kier molecular flexibility index (Phi) is 7.48. The Morgan fingerprint density at radius 2 is 2.08 bits per heavy atom. The molecule has 0 radical (unpaired) electrons. The number of hydrogen-bond acceptors (Lipinski definition) is 10. The van der Waals surface area contributed by atoms with Crippen molar-refractivity contribution >= 4 is 58.4 Å². The van der Waals surface area contributed by atoms with Crippen LogP contribution in [-0.2, 0) is 19.2 Å². The first-order valence-corrected chi connectivity index (χ1v) is 13.6. The van der Waals surface area contributed by atoms with Crippen molar-refractivity contribution in [2.45, 2.75) is 41.7 Å². The molecule has 3 fully saturated rings. The Balaban J connectivity index is 0.00000294. The number of rotatable bonds is 7. The molecule has 4 aliphatic rings. The van der Waals surface area contributed by atoms with Crippen molar-refractivity contribution in [1.82, 2.24) is 35.1 Å². The number of aromatic amines is 2. The molecule has 3 amide bonds. The van der Waals surface area contributed by atoms with Gasteiger partial charge in [0.05, 0.1) is 23.7 Å². The van der Waals surface area contributed by atoms with E-state index in [0.29, 0.717) is 40.3 Å². The zero-order chi connectivity index (χ0) is 25.8. The normalized spacial score (nSPS) is 23.9. The Morgan fingerprint density at radius 1 is 1.29 bits per heavy atom. The van der Waals surface area contributed by atoms with Crippen LogP contribution in [-0.4, -0.2) is 88.9 Å². The predicted molar refractivity (Wildman–Crippen MR) is 130 cm³/mol. The van der Waals surface area contributed by atoms with Gasteiger partial charge in [0.1, 0.15) is 22.0 Å². The molecule has 0 bridgehead atoms. The van der Waals surface area contributed by atoms with Gasteiger partial charge in [-0.05, 0) is 30.9 Å². The van der Waals surface area contributed by atoms with Crippen LogP contribution in [0.1, 0.15) is 19.3 Å². The molecule has 2 aromatic rings. The number of nitrogens with one attached hydrogen (secondary N) is 3.